The molecule has 0 aliphatic carbocycles. The third-order valence-electron chi connectivity index (χ3n) is 0.787. The highest BCUT2D eigenvalue weighted by Crippen LogP contribution is 1.98. The van der Waals surface area contributed by atoms with Gasteiger partial charge in [0, 0.05) is 24.9 Å². The quantitative estimate of drug-likeness (QED) is 0.454. The third-order valence-corrected chi connectivity index (χ3v) is 1.31. The summed E-state index contributed by atoms with van der Waals surface area (Å²) >= 11 is 1.52. The normalized spacial score (nSPS) is 20.4. The van der Waals surface area contributed by atoms with E-state index in [1.54, 1.807) is 0 Å². The number of hydrogen-bond acceptors (Lipinski definition) is 3. The van der Waals surface area contributed by atoms with Crippen molar-refractivity contribution in [1.82, 2.24) is 9.44 Å². The summed E-state index contributed by atoms with van der Waals surface area (Å²) in [4.78, 5) is 0. The highest BCUT2D eigenvalue weighted by Gasteiger charge is 1.93. The first-order valence-corrected chi connectivity index (χ1v) is 3.01. The van der Waals surface area contributed by atoms with Crippen molar-refractivity contribution in [3.63, 3.8) is 0 Å². The van der Waals surface area contributed by atoms with Gasteiger partial charge in [0.1, 0.15) is 0 Å². The van der Waals surface area contributed by atoms with Gasteiger partial charge in [0.05, 0.1) is 0 Å². The van der Waals surface area contributed by atoms with Crippen LogP contribution in [0.3, 0.4) is 0 Å². The number of nitrogens with one attached hydrogen (secondary N) is 2. The van der Waals surface area contributed by atoms with Crippen molar-refractivity contribution >= 4 is 12.1 Å². The third kappa shape index (κ3) is 1.41. The maximum Gasteiger partial charge on any atom is 0.0339 e. The lowest BCUT2D eigenvalue weighted by Crippen LogP contribution is -2.18. The zero-order valence-electron chi connectivity index (χ0n) is 4.19. The van der Waals surface area contributed by atoms with Gasteiger partial charge in [0.15, 0.2) is 0 Å². The molecule has 2 N–H and O–H groups in total. The SMILES string of the molecule is CC1=CNSNC1. The van der Waals surface area contributed by atoms with E-state index in [1.165, 1.54) is 17.7 Å². The molecule has 2 nitrogen and oxygen atoms in total. The maximum atomic E-state index is 3.07. The topological polar surface area (TPSA) is 24.1 Å². The van der Waals surface area contributed by atoms with Crippen LogP contribution < -0.4 is 9.44 Å². The van der Waals surface area contributed by atoms with Gasteiger partial charge in [-0.05, 0) is 12.5 Å². The molecule has 0 aromatic heterocycles. The zero-order valence-corrected chi connectivity index (χ0v) is 5.01. The van der Waals surface area contributed by atoms with Crippen molar-refractivity contribution in [2.24, 2.45) is 0 Å². The average Bonchev–Trinajstić information content (AvgIpc) is 1.69. The minimum absolute atomic E-state index is 0.998. The summed E-state index contributed by atoms with van der Waals surface area (Å²) < 4.78 is 6.05. The second kappa shape index (κ2) is 2.23. The van der Waals surface area contributed by atoms with Gasteiger partial charge in [-0.25, -0.2) is 4.72 Å². The van der Waals surface area contributed by atoms with Crippen LogP contribution in [0, 0.1) is 0 Å². The smallest absolute Gasteiger partial charge is 0.0339 e. The first-order chi connectivity index (χ1) is 3.39. The van der Waals surface area contributed by atoms with Gasteiger partial charge >= 0.3 is 0 Å². The molecule has 7 heavy (non-hydrogen) atoms. The Morgan fingerprint density at radius 3 is 3.00 bits per heavy atom. The molecule has 0 amide bonds. The van der Waals surface area contributed by atoms with Crippen LogP contribution in [-0.4, -0.2) is 6.54 Å². The van der Waals surface area contributed by atoms with Crippen molar-refractivity contribution in [2.75, 3.05) is 6.54 Å². The fourth-order valence-electron chi connectivity index (χ4n) is 0.373. The van der Waals surface area contributed by atoms with Crippen molar-refractivity contribution in [2.45, 2.75) is 6.92 Å². The number of hydrogen-bond donors (Lipinski definition) is 2. The van der Waals surface area contributed by atoms with Crippen LogP contribution in [0.4, 0.5) is 0 Å². The molecule has 1 aliphatic rings. The lowest BCUT2D eigenvalue weighted by Gasteiger charge is -2.09. The van der Waals surface area contributed by atoms with Gasteiger partial charge in [-0.3, -0.25) is 0 Å². The summed E-state index contributed by atoms with van der Waals surface area (Å²) in [6.07, 6.45) is 2.00. The first kappa shape index (κ1) is 5.00. The van der Waals surface area contributed by atoms with E-state index in [0.717, 1.165) is 6.54 Å². The second-order valence-corrected chi connectivity index (χ2v) is 2.26. The van der Waals surface area contributed by atoms with Crippen LogP contribution in [0.1, 0.15) is 6.92 Å². The molecule has 0 spiro atoms. The molecule has 0 aromatic rings. The van der Waals surface area contributed by atoms with Crippen LogP contribution >= 0.6 is 12.1 Å². The molecule has 0 aromatic carbocycles. The Balaban J connectivity index is 2.40. The average molecular weight is 116 g/mol. The van der Waals surface area contributed by atoms with E-state index in [2.05, 4.69) is 16.4 Å². The summed E-state index contributed by atoms with van der Waals surface area (Å²) in [6, 6.07) is 0. The molecule has 0 saturated heterocycles. The Morgan fingerprint density at radius 1 is 1.86 bits per heavy atom. The van der Waals surface area contributed by atoms with Crippen LogP contribution in [-0.2, 0) is 0 Å². The highest BCUT2D eigenvalue weighted by molar-refractivity contribution is 7.95. The fraction of sp³-hybridized carbons (Fsp3) is 0.500. The first-order valence-electron chi connectivity index (χ1n) is 2.19. The molecular weight excluding hydrogens is 108 g/mol. The fourth-order valence-corrected chi connectivity index (χ4v) is 1.02. The van der Waals surface area contributed by atoms with E-state index in [4.69, 9.17) is 0 Å². The van der Waals surface area contributed by atoms with Gasteiger partial charge in [0.25, 0.3) is 0 Å². The minimum atomic E-state index is 0.998. The van der Waals surface area contributed by atoms with Gasteiger partial charge in [-0.15, -0.1) is 0 Å². The van der Waals surface area contributed by atoms with E-state index in [0.29, 0.717) is 0 Å². The van der Waals surface area contributed by atoms with E-state index < -0.39 is 0 Å². The molecule has 1 aliphatic heterocycles. The standard InChI is InChI=1S/C4H8N2S/c1-4-2-5-7-6-3-4/h2,5-6H,3H2,1H3. The van der Waals surface area contributed by atoms with Crippen molar-refractivity contribution in [3.8, 4) is 0 Å². The van der Waals surface area contributed by atoms with Crippen LogP contribution in [0.5, 0.6) is 0 Å². The van der Waals surface area contributed by atoms with Crippen molar-refractivity contribution in [3.05, 3.63) is 11.8 Å². The molecule has 0 unspecified atom stereocenters. The second-order valence-electron chi connectivity index (χ2n) is 1.53. The molecule has 1 rings (SSSR count). The summed E-state index contributed by atoms with van der Waals surface area (Å²) in [5.41, 5.74) is 1.35. The Bertz CT molecular complexity index is 89.7. The highest BCUT2D eigenvalue weighted by atomic mass is 32.2. The van der Waals surface area contributed by atoms with E-state index >= 15 is 0 Å². The van der Waals surface area contributed by atoms with Gasteiger partial charge in [0.2, 0.25) is 0 Å². The van der Waals surface area contributed by atoms with E-state index in [1.807, 2.05) is 6.20 Å². The predicted molar refractivity (Wildman–Crippen MR) is 32.5 cm³/mol. The summed E-state index contributed by atoms with van der Waals surface area (Å²) in [5, 5.41) is 0. The monoisotopic (exact) mass is 116 g/mol. The molecule has 1 heterocycles. The molecule has 0 atom stereocenters. The van der Waals surface area contributed by atoms with Gasteiger partial charge in [-0.1, -0.05) is 0 Å². The van der Waals surface area contributed by atoms with E-state index in [9.17, 15) is 0 Å². The molecule has 40 valence electrons. The molecule has 0 radical (unpaired) electrons. The Hall–Kier alpha value is -0.150. The maximum absolute atomic E-state index is 3.07. The molecular formula is C4H8N2S. The molecule has 0 saturated carbocycles. The zero-order chi connectivity index (χ0) is 5.11. The van der Waals surface area contributed by atoms with Crippen LogP contribution in [0.15, 0.2) is 11.8 Å². The van der Waals surface area contributed by atoms with Crippen molar-refractivity contribution in [1.29, 1.82) is 0 Å². The van der Waals surface area contributed by atoms with Gasteiger partial charge < -0.3 is 4.72 Å². The molecule has 0 bridgehead atoms. The van der Waals surface area contributed by atoms with E-state index in [-0.39, 0.29) is 0 Å². The summed E-state index contributed by atoms with van der Waals surface area (Å²) in [6.45, 7) is 3.08. The van der Waals surface area contributed by atoms with Gasteiger partial charge in [-0.2, -0.15) is 0 Å². The Labute approximate surface area is 47.6 Å². The lowest BCUT2D eigenvalue weighted by atomic mass is 10.3. The summed E-state index contributed by atoms with van der Waals surface area (Å²) in [5.74, 6) is 0. The minimum Gasteiger partial charge on any atom is -0.324 e. The largest absolute Gasteiger partial charge is 0.324 e. The van der Waals surface area contributed by atoms with Crippen molar-refractivity contribution < 1.29 is 0 Å². The van der Waals surface area contributed by atoms with Crippen LogP contribution in [0.25, 0.3) is 0 Å². The molecule has 3 heteroatoms. The van der Waals surface area contributed by atoms with Crippen LogP contribution in [0.2, 0.25) is 0 Å². The lowest BCUT2D eigenvalue weighted by molar-refractivity contribution is 0.996. The Morgan fingerprint density at radius 2 is 2.71 bits per heavy atom. The Kier molecular flexibility index (Phi) is 1.59. The molecule has 0 fully saturated rings. The summed E-state index contributed by atoms with van der Waals surface area (Å²) in [7, 11) is 0. The number of rotatable bonds is 0. The predicted octanol–water partition coefficient (Wildman–Crippen LogP) is 0.646.